The van der Waals surface area contributed by atoms with Crippen molar-refractivity contribution < 1.29 is 14.7 Å². The molecule has 0 saturated carbocycles. The van der Waals surface area contributed by atoms with Crippen molar-refractivity contribution in [3.8, 4) is 0 Å². The number of hydrogen-bond donors (Lipinski definition) is 3. The fourth-order valence-corrected chi connectivity index (χ4v) is 2.25. The zero-order valence-corrected chi connectivity index (χ0v) is 13.3. The van der Waals surface area contributed by atoms with Crippen molar-refractivity contribution in [3.05, 3.63) is 54.4 Å². The second-order valence-electron chi connectivity index (χ2n) is 4.69. The van der Waals surface area contributed by atoms with Gasteiger partial charge in [-0.1, -0.05) is 12.1 Å². The second-order valence-corrected chi connectivity index (χ2v) is 5.57. The first-order valence-electron chi connectivity index (χ1n) is 6.91. The van der Waals surface area contributed by atoms with E-state index in [-0.39, 0.29) is 6.54 Å². The summed E-state index contributed by atoms with van der Waals surface area (Å²) < 4.78 is 0. The molecule has 2 aromatic rings. The van der Waals surface area contributed by atoms with Crippen LogP contribution in [0.4, 0.5) is 5.69 Å². The van der Waals surface area contributed by atoms with Crippen LogP contribution in [0.25, 0.3) is 0 Å². The first-order valence-corrected chi connectivity index (χ1v) is 8.14. The van der Waals surface area contributed by atoms with Gasteiger partial charge in [-0.3, -0.25) is 14.6 Å². The Balaban J connectivity index is 1.84. The molecule has 1 atom stereocenters. The molecule has 0 fully saturated rings. The highest BCUT2D eigenvalue weighted by molar-refractivity contribution is 7.98. The summed E-state index contributed by atoms with van der Waals surface area (Å²) in [6, 6.07) is 10.6. The van der Waals surface area contributed by atoms with E-state index in [9.17, 15) is 14.7 Å². The highest BCUT2D eigenvalue weighted by Crippen LogP contribution is 2.18. The van der Waals surface area contributed by atoms with Crippen LogP contribution in [0.3, 0.4) is 0 Å². The second kappa shape index (κ2) is 8.30. The lowest BCUT2D eigenvalue weighted by Crippen LogP contribution is -2.37. The lowest BCUT2D eigenvalue weighted by molar-refractivity contribution is -0.136. The largest absolute Gasteiger partial charge is 0.387 e. The Labute approximate surface area is 138 Å². The third-order valence-electron chi connectivity index (χ3n) is 3.08. The van der Waals surface area contributed by atoms with Crippen molar-refractivity contribution in [1.29, 1.82) is 0 Å². The van der Waals surface area contributed by atoms with Crippen LogP contribution in [0.2, 0.25) is 0 Å². The first-order chi connectivity index (χ1) is 11.1. The summed E-state index contributed by atoms with van der Waals surface area (Å²) in [7, 11) is 0. The third-order valence-corrected chi connectivity index (χ3v) is 3.83. The number of aliphatic hydroxyl groups is 1. The molecule has 2 rings (SSSR count). The standard InChI is InChI=1S/C16H17N3O3S/c1-23-13-6-4-11(5-7-13)14(20)10-18-15(21)16(22)19-12-3-2-8-17-9-12/h2-9,14,20H,10H2,1H3,(H,18,21)(H,19,22)/t14-/m1/s1. The summed E-state index contributed by atoms with van der Waals surface area (Å²) in [5.74, 6) is -1.61. The van der Waals surface area contributed by atoms with E-state index in [1.807, 2.05) is 18.4 Å². The molecule has 6 nitrogen and oxygen atoms in total. The number of carbonyl (C=O) groups excluding carboxylic acids is 2. The number of pyridine rings is 1. The lowest BCUT2D eigenvalue weighted by Gasteiger charge is -2.12. The molecule has 0 bridgehead atoms. The number of anilines is 1. The van der Waals surface area contributed by atoms with E-state index in [0.717, 1.165) is 4.90 Å². The molecule has 0 aliphatic carbocycles. The van der Waals surface area contributed by atoms with Gasteiger partial charge in [0.05, 0.1) is 18.0 Å². The first kappa shape index (κ1) is 17.0. The number of aromatic nitrogens is 1. The molecule has 0 radical (unpaired) electrons. The molecule has 1 heterocycles. The van der Waals surface area contributed by atoms with Gasteiger partial charge in [0.1, 0.15) is 0 Å². The molecule has 0 spiro atoms. The van der Waals surface area contributed by atoms with Gasteiger partial charge in [-0.05, 0) is 36.1 Å². The Kier molecular flexibility index (Phi) is 6.13. The SMILES string of the molecule is CSc1ccc([C@H](O)CNC(=O)C(=O)Nc2cccnc2)cc1. The molecular weight excluding hydrogens is 314 g/mol. The zero-order valence-electron chi connectivity index (χ0n) is 12.5. The number of aliphatic hydroxyl groups excluding tert-OH is 1. The van der Waals surface area contributed by atoms with Crippen molar-refractivity contribution >= 4 is 29.3 Å². The average Bonchev–Trinajstić information content (AvgIpc) is 2.60. The maximum absolute atomic E-state index is 11.7. The number of carbonyl (C=O) groups is 2. The van der Waals surface area contributed by atoms with Crippen molar-refractivity contribution in [2.45, 2.75) is 11.0 Å². The van der Waals surface area contributed by atoms with E-state index in [0.29, 0.717) is 11.3 Å². The minimum atomic E-state index is -0.874. The number of benzene rings is 1. The molecule has 1 aromatic carbocycles. The van der Waals surface area contributed by atoms with Gasteiger partial charge in [-0.15, -0.1) is 11.8 Å². The maximum atomic E-state index is 11.7. The Morgan fingerprint density at radius 3 is 2.57 bits per heavy atom. The number of rotatable bonds is 5. The summed E-state index contributed by atoms with van der Waals surface area (Å²) in [4.78, 5) is 28.4. The summed E-state index contributed by atoms with van der Waals surface area (Å²) >= 11 is 1.60. The van der Waals surface area contributed by atoms with Gasteiger partial charge < -0.3 is 15.7 Å². The topological polar surface area (TPSA) is 91.3 Å². The van der Waals surface area contributed by atoms with E-state index < -0.39 is 17.9 Å². The lowest BCUT2D eigenvalue weighted by atomic mass is 10.1. The van der Waals surface area contributed by atoms with Gasteiger partial charge in [0.15, 0.2) is 0 Å². The van der Waals surface area contributed by atoms with E-state index in [2.05, 4.69) is 15.6 Å². The van der Waals surface area contributed by atoms with Crippen LogP contribution < -0.4 is 10.6 Å². The van der Waals surface area contributed by atoms with Crippen LogP contribution >= 0.6 is 11.8 Å². The highest BCUT2D eigenvalue weighted by Gasteiger charge is 2.16. The van der Waals surface area contributed by atoms with Crippen LogP contribution in [-0.4, -0.2) is 34.7 Å². The van der Waals surface area contributed by atoms with E-state index in [4.69, 9.17) is 0 Å². The molecule has 2 amide bonds. The molecule has 0 aliphatic heterocycles. The molecular formula is C16H17N3O3S. The van der Waals surface area contributed by atoms with Crippen molar-refractivity contribution in [2.24, 2.45) is 0 Å². The molecule has 0 aliphatic rings. The monoisotopic (exact) mass is 331 g/mol. The van der Waals surface area contributed by atoms with Crippen LogP contribution in [-0.2, 0) is 9.59 Å². The van der Waals surface area contributed by atoms with Crippen LogP contribution in [0, 0.1) is 0 Å². The highest BCUT2D eigenvalue weighted by atomic mass is 32.2. The van der Waals surface area contributed by atoms with Gasteiger partial charge in [0.25, 0.3) is 0 Å². The molecule has 120 valence electrons. The Morgan fingerprint density at radius 1 is 1.22 bits per heavy atom. The predicted octanol–water partition coefficient (Wildman–Crippen LogP) is 1.59. The van der Waals surface area contributed by atoms with E-state index in [1.54, 1.807) is 42.2 Å². The normalized spacial score (nSPS) is 11.6. The number of hydrogen-bond acceptors (Lipinski definition) is 5. The summed E-state index contributed by atoms with van der Waals surface area (Å²) in [5.41, 5.74) is 1.11. The molecule has 1 aromatic heterocycles. The Bertz CT molecular complexity index is 662. The van der Waals surface area contributed by atoms with E-state index >= 15 is 0 Å². The van der Waals surface area contributed by atoms with Gasteiger partial charge in [0, 0.05) is 17.6 Å². The number of amides is 2. The number of nitrogens with zero attached hydrogens (tertiary/aromatic N) is 1. The predicted molar refractivity (Wildman–Crippen MR) is 89.1 cm³/mol. The van der Waals surface area contributed by atoms with Gasteiger partial charge >= 0.3 is 11.8 Å². The molecule has 23 heavy (non-hydrogen) atoms. The molecule has 0 unspecified atom stereocenters. The fraction of sp³-hybridized carbons (Fsp3) is 0.188. The molecule has 7 heteroatoms. The van der Waals surface area contributed by atoms with Crippen LogP contribution in [0.5, 0.6) is 0 Å². The maximum Gasteiger partial charge on any atom is 0.313 e. The third kappa shape index (κ3) is 5.08. The minimum Gasteiger partial charge on any atom is -0.387 e. The van der Waals surface area contributed by atoms with Crippen LogP contribution in [0.15, 0.2) is 53.7 Å². The van der Waals surface area contributed by atoms with Crippen molar-refractivity contribution in [3.63, 3.8) is 0 Å². The van der Waals surface area contributed by atoms with Gasteiger partial charge in [0.2, 0.25) is 0 Å². The average molecular weight is 331 g/mol. The van der Waals surface area contributed by atoms with Gasteiger partial charge in [-0.25, -0.2) is 0 Å². The van der Waals surface area contributed by atoms with Gasteiger partial charge in [-0.2, -0.15) is 0 Å². The Morgan fingerprint density at radius 2 is 1.96 bits per heavy atom. The minimum absolute atomic E-state index is 0.0437. The Hall–Kier alpha value is -2.38. The zero-order chi connectivity index (χ0) is 16.7. The fourth-order valence-electron chi connectivity index (χ4n) is 1.84. The van der Waals surface area contributed by atoms with Crippen LogP contribution in [0.1, 0.15) is 11.7 Å². The van der Waals surface area contributed by atoms with E-state index in [1.165, 1.54) is 6.20 Å². The molecule has 0 saturated heterocycles. The number of thioether (sulfide) groups is 1. The summed E-state index contributed by atoms with van der Waals surface area (Å²) in [6.45, 7) is -0.0437. The van der Waals surface area contributed by atoms with Crippen molar-refractivity contribution in [1.82, 2.24) is 10.3 Å². The summed E-state index contributed by atoms with van der Waals surface area (Å²) in [6.07, 6.45) is 4.09. The smallest absolute Gasteiger partial charge is 0.313 e. The summed E-state index contributed by atoms with van der Waals surface area (Å²) in [5, 5.41) is 14.9. The molecule has 3 N–H and O–H groups in total. The quantitative estimate of drug-likeness (QED) is 0.572. The van der Waals surface area contributed by atoms with Crippen molar-refractivity contribution in [2.75, 3.05) is 18.1 Å². The number of nitrogens with one attached hydrogen (secondary N) is 2.